The van der Waals surface area contributed by atoms with Crippen LogP contribution in [-0.2, 0) is 16.0 Å². The summed E-state index contributed by atoms with van der Waals surface area (Å²) >= 11 is 3.44. The number of alkyl halides is 1. The third-order valence-electron chi connectivity index (χ3n) is 4.31. The third kappa shape index (κ3) is 3.45. The minimum absolute atomic E-state index is 0.0987. The van der Waals surface area contributed by atoms with Gasteiger partial charge in [-0.25, -0.2) is 4.79 Å². The first-order valence-electron chi connectivity index (χ1n) is 7.99. The Morgan fingerprint density at radius 3 is 2.96 bits per heavy atom. The number of ketones is 1. The average molecular weight is 395 g/mol. The van der Waals surface area contributed by atoms with Crippen LogP contribution in [0.2, 0.25) is 0 Å². The van der Waals surface area contributed by atoms with Crippen molar-refractivity contribution >= 4 is 39.4 Å². The molecule has 0 aromatic heterocycles. The van der Waals surface area contributed by atoms with Crippen LogP contribution in [0.15, 0.2) is 18.2 Å². The second-order valence-electron chi connectivity index (χ2n) is 6.12. The number of cyclic esters (lactones) is 1. The molecule has 1 fully saturated rings. The summed E-state index contributed by atoms with van der Waals surface area (Å²) in [4.78, 5) is 36.8. The molecule has 1 aromatic rings. The number of benzene rings is 1. The molecule has 2 amide bonds. The average Bonchev–Trinajstić information content (AvgIpc) is 2.86. The summed E-state index contributed by atoms with van der Waals surface area (Å²) in [6.45, 7) is 2.11. The standard InChI is InChI=1S/C17H19BrN2O4/c1-10(21)19-8-13-9-20(17(23)24-13)12-5-6-14-11(7-12)3-2-4-15(18)16(14)22/h5-7,13,15H,2-4,8-9H2,1H3,(H,19,21). The van der Waals surface area contributed by atoms with Crippen molar-refractivity contribution in [3.8, 4) is 0 Å². The van der Waals surface area contributed by atoms with Crippen LogP contribution in [-0.4, -0.2) is 41.8 Å². The van der Waals surface area contributed by atoms with Crippen molar-refractivity contribution in [2.45, 2.75) is 37.1 Å². The van der Waals surface area contributed by atoms with Gasteiger partial charge in [-0.05, 0) is 43.0 Å². The monoisotopic (exact) mass is 394 g/mol. The Balaban J connectivity index is 1.78. The number of fused-ring (bicyclic) bond motifs is 1. The van der Waals surface area contributed by atoms with Crippen molar-refractivity contribution in [3.05, 3.63) is 29.3 Å². The minimum atomic E-state index is -0.427. The van der Waals surface area contributed by atoms with Gasteiger partial charge >= 0.3 is 6.09 Å². The lowest BCUT2D eigenvalue weighted by molar-refractivity contribution is -0.119. The van der Waals surface area contributed by atoms with Crippen molar-refractivity contribution in [1.82, 2.24) is 5.32 Å². The molecule has 7 heteroatoms. The highest BCUT2D eigenvalue weighted by Gasteiger charge is 2.33. The van der Waals surface area contributed by atoms with E-state index < -0.39 is 6.09 Å². The molecule has 6 nitrogen and oxygen atoms in total. The van der Waals surface area contributed by atoms with Crippen molar-refractivity contribution in [3.63, 3.8) is 0 Å². The molecule has 2 aliphatic rings. The fraction of sp³-hybridized carbons (Fsp3) is 0.471. The zero-order valence-electron chi connectivity index (χ0n) is 13.4. The van der Waals surface area contributed by atoms with Crippen LogP contribution in [0, 0.1) is 0 Å². The Hall–Kier alpha value is -1.89. The normalized spacial score (nSPS) is 23.5. The highest BCUT2D eigenvalue weighted by molar-refractivity contribution is 9.10. The number of Topliss-reactive ketones (excluding diaryl/α,β-unsaturated/α-hetero) is 1. The van der Waals surface area contributed by atoms with Gasteiger partial charge in [-0.15, -0.1) is 0 Å². The number of carbonyl (C=O) groups excluding carboxylic acids is 3. The van der Waals surface area contributed by atoms with Gasteiger partial charge < -0.3 is 10.1 Å². The molecule has 1 heterocycles. The number of hydrogen-bond acceptors (Lipinski definition) is 4. The van der Waals surface area contributed by atoms with E-state index in [1.54, 1.807) is 17.0 Å². The number of anilines is 1. The van der Waals surface area contributed by atoms with E-state index in [0.717, 1.165) is 36.1 Å². The SMILES string of the molecule is CC(=O)NCC1CN(c2ccc3c(c2)CCCC(Br)C3=O)C(=O)O1. The number of nitrogens with one attached hydrogen (secondary N) is 1. The molecule has 128 valence electrons. The first kappa shape index (κ1) is 17.0. The van der Waals surface area contributed by atoms with E-state index in [4.69, 9.17) is 4.74 Å². The molecule has 24 heavy (non-hydrogen) atoms. The van der Waals surface area contributed by atoms with Gasteiger partial charge in [0.1, 0.15) is 6.10 Å². The van der Waals surface area contributed by atoms with Crippen molar-refractivity contribution < 1.29 is 19.1 Å². The maximum Gasteiger partial charge on any atom is 0.414 e. The van der Waals surface area contributed by atoms with Gasteiger partial charge in [0.05, 0.1) is 17.9 Å². The topological polar surface area (TPSA) is 75.7 Å². The highest BCUT2D eigenvalue weighted by Crippen LogP contribution is 2.30. The summed E-state index contributed by atoms with van der Waals surface area (Å²) in [7, 11) is 0. The zero-order chi connectivity index (χ0) is 17.3. The predicted molar refractivity (Wildman–Crippen MR) is 92.7 cm³/mol. The lowest BCUT2D eigenvalue weighted by Gasteiger charge is -2.16. The smallest absolute Gasteiger partial charge is 0.414 e. The van der Waals surface area contributed by atoms with Gasteiger partial charge in [0.15, 0.2) is 5.78 Å². The minimum Gasteiger partial charge on any atom is -0.442 e. The van der Waals surface area contributed by atoms with Crippen molar-refractivity contribution in [1.29, 1.82) is 0 Å². The molecule has 1 aromatic carbocycles. The van der Waals surface area contributed by atoms with Crippen molar-refractivity contribution in [2.24, 2.45) is 0 Å². The molecule has 1 saturated heterocycles. The lowest BCUT2D eigenvalue weighted by Crippen LogP contribution is -2.33. The Kier molecular flexibility index (Phi) is 4.89. The molecule has 1 N–H and O–H groups in total. The molecule has 0 spiro atoms. The molecule has 2 unspecified atom stereocenters. The van der Waals surface area contributed by atoms with Gasteiger partial charge in [-0.3, -0.25) is 14.5 Å². The number of amides is 2. The highest BCUT2D eigenvalue weighted by atomic mass is 79.9. The molecule has 3 rings (SSSR count). The number of aryl methyl sites for hydroxylation is 1. The van der Waals surface area contributed by atoms with E-state index in [0.29, 0.717) is 13.1 Å². The summed E-state index contributed by atoms with van der Waals surface area (Å²) in [5, 5.41) is 2.66. The number of rotatable bonds is 3. The maximum atomic E-state index is 12.3. The van der Waals surface area contributed by atoms with Crippen LogP contribution in [0.3, 0.4) is 0 Å². The van der Waals surface area contributed by atoms with E-state index in [1.165, 1.54) is 6.92 Å². The molecule has 0 saturated carbocycles. The summed E-state index contributed by atoms with van der Waals surface area (Å²) in [5.74, 6) is -0.0565. The lowest BCUT2D eigenvalue weighted by atomic mass is 10.0. The van der Waals surface area contributed by atoms with Crippen LogP contribution in [0.25, 0.3) is 0 Å². The fourth-order valence-corrected chi connectivity index (χ4v) is 3.63. The fourth-order valence-electron chi connectivity index (χ4n) is 3.06. The van der Waals surface area contributed by atoms with E-state index in [1.807, 2.05) is 6.07 Å². The first-order chi connectivity index (χ1) is 11.5. The van der Waals surface area contributed by atoms with E-state index in [2.05, 4.69) is 21.2 Å². The summed E-state index contributed by atoms with van der Waals surface area (Å²) in [5.41, 5.74) is 2.42. The summed E-state index contributed by atoms with van der Waals surface area (Å²) in [6.07, 6.45) is 1.76. The van der Waals surface area contributed by atoms with Crippen LogP contribution < -0.4 is 10.2 Å². The van der Waals surface area contributed by atoms with Crippen LogP contribution in [0.4, 0.5) is 10.5 Å². The van der Waals surface area contributed by atoms with Crippen LogP contribution in [0.1, 0.15) is 35.7 Å². The molecule has 1 aliphatic carbocycles. The Morgan fingerprint density at radius 2 is 2.21 bits per heavy atom. The molecule has 2 atom stereocenters. The van der Waals surface area contributed by atoms with Crippen LogP contribution >= 0.6 is 15.9 Å². The molecule has 0 radical (unpaired) electrons. The summed E-state index contributed by atoms with van der Waals surface area (Å²) in [6, 6.07) is 5.48. The molecule has 0 bridgehead atoms. The zero-order valence-corrected chi connectivity index (χ0v) is 15.0. The van der Waals surface area contributed by atoms with Gasteiger partial charge in [-0.2, -0.15) is 0 Å². The van der Waals surface area contributed by atoms with Gasteiger partial charge in [-0.1, -0.05) is 15.9 Å². The number of halogens is 1. The number of nitrogens with zero attached hydrogens (tertiary/aromatic N) is 1. The maximum absolute atomic E-state index is 12.3. The molecular formula is C17H19BrN2O4. The largest absolute Gasteiger partial charge is 0.442 e. The predicted octanol–water partition coefficient (Wildman–Crippen LogP) is 2.43. The van der Waals surface area contributed by atoms with Gasteiger partial charge in [0.25, 0.3) is 0 Å². The van der Waals surface area contributed by atoms with E-state index >= 15 is 0 Å². The Labute approximate surface area is 148 Å². The number of ether oxygens (including phenoxy) is 1. The Morgan fingerprint density at radius 1 is 1.42 bits per heavy atom. The van der Waals surface area contributed by atoms with Gasteiger partial charge in [0, 0.05) is 18.2 Å². The van der Waals surface area contributed by atoms with E-state index in [-0.39, 0.29) is 22.6 Å². The molecule has 1 aliphatic heterocycles. The molecular weight excluding hydrogens is 376 g/mol. The van der Waals surface area contributed by atoms with E-state index in [9.17, 15) is 14.4 Å². The summed E-state index contributed by atoms with van der Waals surface area (Å²) < 4.78 is 5.28. The second kappa shape index (κ2) is 6.93. The number of carbonyl (C=O) groups is 3. The van der Waals surface area contributed by atoms with Crippen molar-refractivity contribution in [2.75, 3.05) is 18.0 Å². The van der Waals surface area contributed by atoms with Crippen LogP contribution in [0.5, 0.6) is 0 Å². The second-order valence-corrected chi connectivity index (χ2v) is 7.22. The number of hydrogen-bond donors (Lipinski definition) is 1. The third-order valence-corrected chi connectivity index (χ3v) is 5.18. The quantitative estimate of drug-likeness (QED) is 0.630. The Bertz CT molecular complexity index is 691. The van der Waals surface area contributed by atoms with Gasteiger partial charge in [0.2, 0.25) is 5.91 Å². The first-order valence-corrected chi connectivity index (χ1v) is 8.91.